The number of benzene rings is 3. The van der Waals surface area contributed by atoms with Crippen molar-refractivity contribution in [3.8, 4) is 0 Å². The second kappa shape index (κ2) is 6.39. The van der Waals surface area contributed by atoms with E-state index < -0.39 is 11.9 Å². The van der Waals surface area contributed by atoms with Crippen LogP contribution in [0.2, 0.25) is 0 Å². The van der Waals surface area contributed by atoms with Crippen molar-refractivity contribution in [1.82, 2.24) is 15.2 Å². The van der Waals surface area contributed by atoms with Crippen LogP contribution in [-0.2, 0) is 11.3 Å². The summed E-state index contributed by atoms with van der Waals surface area (Å²) in [5.41, 5.74) is 3.43. The summed E-state index contributed by atoms with van der Waals surface area (Å²) in [6.07, 6.45) is 3.74. The number of rotatable bonds is 3. The molecule has 0 atom stereocenters. The number of imide groups is 1. The van der Waals surface area contributed by atoms with Gasteiger partial charge < -0.3 is 9.88 Å². The van der Waals surface area contributed by atoms with E-state index in [0.717, 1.165) is 16.5 Å². The predicted molar refractivity (Wildman–Crippen MR) is 110 cm³/mol. The second-order valence-corrected chi connectivity index (χ2v) is 6.88. The molecule has 3 aromatic carbocycles. The first-order valence-electron chi connectivity index (χ1n) is 9.07. The lowest BCUT2D eigenvalue weighted by Crippen LogP contribution is -2.22. The number of hydrogen-bond donors (Lipinski definition) is 2. The number of nitrogens with zero attached hydrogens (tertiary/aromatic N) is 1. The van der Waals surface area contributed by atoms with Crippen molar-refractivity contribution in [2.45, 2.75) is 6.54 Å². The van der Waals surface area contributed by atoms with Crippen molar-refractivity contribution in [1.29, 1.82) is 0 Å². The molecule has 28 heavy (non-hydrogen) atoms. The van der Waals surface area contributed by atoms with Crippen LogP contribution in [0.1, 0.15) is 11.1 Å². The molecule has 5 rings (SSSR count). The van der Waals surface area contributed by atoms with E-state index in [2.05, 4.69) is 51.6 Å². The van der Waals surface area contributed by atoms with Crippen LogP contribution in [0, 0.1) is 0 Å². The Labute approximate surface area is 161 Å². The smallest absolute Gasteiger partial charge is 0.326 e. The Morgan fingerprint density at radius 2 is 1.64 bits per heavy atom. The standard InChI is InChI=1S/C23H17N3O2/c27-22-20(24-23(28)25-22)12-18-14-26(21-8-4-3-7-19(18)21)13-15-9-10-16-5-1-2-6-17(16)11-15/h1-12,14H,13H2,(H2,24,25,27,28)/b20-12-. The van der Waals surface area contributed by atoms with Crippen LogP contribution in [0.4, 0.5) is 4.79 Å². The minimum Gasteiger partial charge on any atom is -0.342 e. The minimum atomic E-state index is -0.490. The van der Waals surface area contributed by atoms with Crippen molar-refractivity contribution in [2.24, 2.45) is 0 Å². The number of urea groups is 1. The molecule has 1 aliphatic heterocycles. The van der Waals surface area contributed by atoms with E-state index in [1.54, 1.807) is 6.08 Å². The first kappa shape index (κ1) is 16.3. The zero-order chi connectivity index (χ0) is 19.1. The summed E-state index contributed by atoms with van der Waals surface area (Å²) in [4.78, 5) is 23.3. The van der Waals surface area contributed by atoms with E-state index >= 15 is 0 Å². The minimum absolute atomic E-state index is 0.263. The third kappa shape index (κ3) is 2.83. The van der Waals surface area contributed by atoms with Crippen LogP contribution in [0.15, 0.2) is 78.6 Å². The monoisotopic (exact) mass is 367 g/mol. The molecule has 2 heterocycles. The molecular weight excluding hydrogens is 350 g/mol. The van der Waals surface area contributed by atoms with Gasteiger partial charge in [0.25, 0.3) is 5.91 Å². The van der Waals surface area contributed by atoms with Gasteiger partial charge in [-0.25, -0.2) is 4.79 Å². The van der Waals surface area contributed by atoms with E-state index in [1.165, 1.54) is 16.3 Å². The largest absolute Gasteiger partial charge is 0.342 e. The van der Waals surface area contributed by atoms with Crippen molar-refractivity contribution < 1.29 is 9.59 Å². The Bertz CT molecular complexity index is 1280. The number of hydrogen-bond acceptors (Lipinski definition) is 2. The topological polar surface area (TPSA) is 63.1 Å². The fourth-order valence-corrected chi connectivity index (χ4v) is 3.69. The Kier molecular flexibility index (Phi) is 3.72. The quantitative estimate of drug-likeness (QED) is 0.424. The molecule has 136 valence electrons. The van der Waals surface area contributed by atoms with E-state index in [0.29, 0.717) is 6.54 Å². The average molecular weight is 367 g/mol. The fraction of sp³-hybridized carbons (Fsp3) is 0.0435. The summed E-state index contributed by atoms with van der Waals surface area (Å²) in [6, 6.07) is 22.3. The van der Waals surface area contributed by atoms with Crippen molar-refractivity contribution in [2.75, 3.05) is 0 Å². The van der Waals surface area contributed by atoms with Crippen molar-refractivity contribution in [3.63, 3.8) is 0 Å². The molecular formula is C23H17N3O2. The normalized spacial score (nSPS) is 15.4. The maximum absolute atomic E-state index is 11.9. The van der Waals surface area contributed by atoms with Crippen LogP contribution in [0.3, 0.4) is 0 Å². The molecule has 5 nitrogen and oxygen atoms in total. The first-order chi connectivity index (χ1) is 13.7. The molecule has 0 spiro atoms. The Morgan fingerprint density at radius 3 is 2.46 bits per heavy atom. The molecule has 2 N–H and O–H groups in total. The van der Waals surface area contributed by atoms with Gasteiger partial charge >= 0.3 is 6.03 Å². The van der Waals surface area contributed by atoms with E-state index in [-0.39, 0.29) is 5.70 Å². The third-order valence-corrected chi connectivity index (χ3v) is 5.01. The highest BCUT2D eigenvalue weighted by atomic mass is 16.2. The number of carbonyl (C=O) groups excluding carboxylic acids is 2. The second-order valence-electron chi connectivity index (χ2n) is 6.88. The lowest BCUT2D eigenvalue weighted by atomic mass is 10.1. The molecule has 0 aliphatic carbocycles. The maximum Gasteiger partial charge on any atom is 0.326 e. The van der Waals surface area contributed by atoms with Crippen LogP contribution in [0.5, 0.6) is 0 Å². The number of carbonyl (C=O) groups is 2. The van der Waals surface area contributed by atoms with Crippen LogP contribution in [-0.4, -0.2) is 16.5 Å². The molecule has 1 saturated heterocycles. The van der Waals surface area contributed by atoms with E-state index in [4.69, 9.17) is 0 Å². The van der Waals surface area contributed by atoms with Gasteiger partial charge in [0.05, 0.1) is 0 Å². The highest BCUT2D eigenvalue weighted by Crippen LogP contribution is 2.25. The number of nitrogens with one attached hydrogen (secondary N) is 2. The van der Waals surface area contributed by atoms with Gasteiger partial charge in [-0.1, -0.05) is 54.6 Å². The molecule has 1 aromatic heterocycles. The average Bonchev–Trinajstić information content (AvgIpc) is 3.21. The Balaban J connectivity index is 1.57. The van der Waals surface area contributed by atoms with Crippen molar-refractivity contribution >= 4 is 39.7 Å². The summed E-state index contributed by atoms with van der Waals surface area (Å²) in [5.74, 6) is -0.406. The zero-order valence-electron chi connectivity index (χ0n) is 15.0. The van der Waals surface area contributed by atoms with Gasteiger partial charge in [0.2, 0.25) is 0 Å². The highest BCUT2D eigenvalue weighted by molar-refractivity contribution is 6.14. The third-order valence-electron chi connectivity index (χ3n) is 5.01. The van der Waals surface area contributed by atoms with Gasteiger partial charge in [0.15, 0.2) is 0 Å². The highest BCUT2D eigenvalue weighted by Gasteiger charge is 2.23. The van der Waals surface area contributed by atoms with Gasteiger partial charge in [-0.05, 0) is 34.5 Å². The zero-order valence-corrected chi connectivity index (χ0v) is 15.0. The molecule has 0 bridgehead atoms. The molecule has 1 fully saturated rings. The molecule has 5 heteroatoms. The first-order valence-corrected chi connectivity index (χ1v) is 9.07. The number of fused-ring (bicyclic) bond motifs is 2. The van der Waals surface area contributed by atoms with Gasteiger partial charge in [0, 0.05) is 29.2 Å². The summed E-state index contributed by atoms with van der Waals surface area (Å²) >= 11 is 0. The predicted octanol–water partition coefficient (Wildman–Crippen LogP) is 4.02. The number of amides is 3. The maximum atomic E-state index is 11.9. The molecule has 1 aliphatic rings. The Hall–Kier alpha value is -3.86. The lowest BCUT2D eigenvalue weighted by molar-refractivity contribution is -0.115. The number of aromatic nitrogens is 1. The summed E-state index contributed by atoms with van der Waals surface area (Å²) in [7, 11) is 0. The van der Waals surface area contributed by atoms with Crippen LogP contribution >= 0.6 is 0 Å². The number of para-hydroxylation sites is 1. The molecule has 0 unspecified atom stereocenters. The summed E-state index contributed by atoms with van der Waals surface area (Å²) < 4.78 is 2.17. The van der Waals surface area contributed by atoms with Crippen molar-refractivity contribution in [3.05, 3.63) is 89.8 Å². The van der Waals surface area contributed by atoms with Gasteiger partial charge in [-0.15, -0.1) is 0 Å². The SMILES string of the molecule is O=C1NC(=O)/C(=C/c2cn(Cc3ccc4ccccc4c3)c3ccccc23)N1. The summed E-state index contributed by atoms with van der Waals surface area (Å²) in [6.45, 7) is 0.715. The summed E-state index contributed by atoms with van der Waals surface area (Å²) in [5, 5.41) is 8.25. The van der Waals surface area contributed by atoms with Gasteiger partial charge in [-0.3, -0.25) is 10.1 Å². The molecule has 4 aromatic rings. The molecule has 0 saturated carbocycles. The lowest BCUT2D eigenvalue weighted by Gasteiger charge is -2.07. The van der Waals surface area contributed by atoms with E-state index in [1.807, 2.05) is 36.5 Å². The van der Waals surface area contributed by atoms with Gasteiger partial charge in [0.1, 0.15) is 5.70 Å². The van der Waals surface area contributed by atoms with Crippen LogP contribution in [0.25, 0.3) is 27.8 Å². The Morgan fingerprint density at radius 1 is 0.857 bits per heavy atom. The molecule has 3 amide bonds. The fourth-order valence-electron chi connectivity index (χ4n) is 3.69. The van der Waals surface area contributed by atoms with Crippen LogP contribution < -0.4 is 10.6 Å². The van der Waals surface area contributed by atoms with Gasteiger partial charge in [-0.2, -0.15) is 0 Å². The molecule has 0 radical (unpaired) electrons. The van der Waals surface area contributed by atoms with E-state index in [9.17, 15) is 9.59 Å².